The van der Waals surface area contributed by atoms with E-state index in [0.717, 1.165) is 0 Å². The molecule has 98 valence electrons. The minimum Gasteiger partial charge on any atom is -0.508 e. The Labute approximate surface area is 110 Å². The fourth-order valence-corrected chi connectivity index (χ4v) is 1.73. The van der Waals surface area contributed by atoms with E-state index in [-0.39, 0.29) is 17.0 Å². The number of phenols is 1. The zero-order valence-electron chi connectivity index (χ0n) is 10.7. The first kappa shape index (κ1) is 13.1. The summed E-state index contributed by atoms with van der Waals surface area (Å²) >= 11 is 0. The van der Waals surface area contributed by atoms with Gasteiger partial charge in [-0.1, -0.05) is 18.2 Å². The molecule has 2 N–H and O–H groups in total. The number of halogens is 1. The van der Waals surface area contributed by atoms with E-state index >= 15 is 0 Å². The summed E-state index contributed by atoms with van der Waals surface area (Å²) < 4.78 is 13.6. The van der Waals surface area contributed by atoms with Crippen LogP contribution in [0.3, 0.4) is 0 Å². The van der Waals surface area contributed by atoms with Gasteiger partial charge in [-0.05, 0) is 43.2 Å². The summed E-state index contributed by atoms with van der Waals surface area (Å²) in [5.41, 5.74) is 1.77. The lowest BCUT2D eigenvalue weighted by Gasteiger charge is -2.10. The summed E-state index contributed by atoms with van der Waals surface area (Å²) in [4.78, 5) is 12.0. The van der Waals surface area contributed by atoms with E-state index in [1.807, 2.05) is 0 Å². The van der Waals surface area contributed by atoms with Gasteiger partial charge in [0.1, 0.15) is 11.6 Å². The van der Waals surface area contributed by atoms with Gasteiger partial charge >= 0.3 is 0 Å². The molecule has 0 bridgehead atoms. The average Bonchev–Trinajstić information content (AvgIpc) is 2.37. The van der Waals surface area contributed by atoms with E-state index < -0.39 is 11.7 Å². The van der Waals surface area contributed by atoms with E-state index in [2.05, 4.69) is 5.32 Å². The maximum atomic E-state index is 13.6. The Kier molecular flexibility index (Phi) is 3.51. The molecule has 1 amide bonds. The quantitative estimate of drug-likeness (QED) is 0.868. The number of hydrogen-bond donors (Lipinski definition) is 2. The van der Waals surface area contributed by atoms with Crippen molar-refractivity contribution < 1.29 is 14.3 Å². The van der Waals surface area contributed by atoms with Crippen molar-refractivity contribution in [3.8, 4) is 5.75 Å². The van der Waals surface area contributed by atoms with Gasteiger partial charge in [0, 0.05) is 5.56 Å². The van der Waals surface area contributed by atoms with Crippen molar-refractivity contribution in [3.63, 3.8) is 0 Å². The number of carbonyl (C=O) groups is 1. The normalized spacial score (nSPS) is 10.3. The first-order valence-corrected chi connectivity index (χ1v) is 5.85. The molecule has 0 spiro atoms. The highest BCUT2D eigenvalue weighted by Crippen LogP contribution is 2.21. The van der Waals surface area contributed by atoms with Crippen LogP contribution in [0.5, 0.6) is 5.75 Å². The van der Waals surface area contributed by atoms with Gasteiger partial charge in [0.05, 0.1) is 5.69 Å². The molecule has 3 nitrogen and oxygen atoms in total. The molecule has 0 aliphatic rings. The number of carbonyl (C=O) groups excluding carboxylic acids is 1. The summed E-state index contributed by atoms with van der Waals surface area (Å²) in [5.74, 6) is -0.897. The third kappa shape index (κ3) is 2.73. The molecule has 0 saturated carbocycles. The molecule has 0 aliphatic carbocycles. The number of aryl methyl sites for hydroxylation is 2. The molecule has 4 heteroatoms. The second kappa shape index (κ2) is 5.10. The van der Waals surface area contributed by atoms with Crippen molar-refractivity contribution in [2.24, 2.45) is 0 Å². The van der Waals surface area contributed by atoms with Gasteiger partial charge in [-0.25, -0.2) is 4.39 Å². The summed E-state index contributed by atoms with van der Waals surface area (Å²) in [6.45, 7) is 3.45. The van der Waals surface area contributed by atoms with E-state index in [4.69, 9.17) is 0 Å². The van der Waals surface area contributed by atoms with E-state index in [9.17, 15) is 14.3 Å². The van der Waals surface area contributed by atoms with E-state index in [1.54, 1.807) is 38.1 Å². The van der Waals surface area contributed by atoms with Crippen molar-refractivity contribution in [2.75, 3.05) is 5.32 Å². The average molecular weight is 259 g/mol. The van der Waals surface area contributed by atoms with E-state index in [1.165, 1.54) is 12.1 Å². The second-order valence-electron chi connectivity index (χ2n) is 4.39. The molecule has 2 aromatic carbocycles. The van der Waals surface area contributed by atoms with Crippen molar-refractivity contribution in [3.05, 3.63) is 58.9 Å². The van der Waals surface area contributed by atoms with Crippen LogP contribution < -0.4 is 5.32 Å². The van der Waals surface area contributed by atoms with Gasteiger partial charge in [-0.15, -0.1) is 0 Å². The third-order valence-corrected chi connectivity index (χ3v) is 2.93. The third-order valence-electron chi connectivity index (χ3n) is 2.93. The van der Waals surface area contributed by atoms with E-state index in [0.29, 0.717) is 11.1 Å². The number of hydrogen-bond acceptors (Lipinski definition) is 2. The monoisotopic (exact) mass is 259 g/mol. The molecular weight excluding hydrogens is 245 g/mol. The molecule has 2 aromatic rings. The van der Waals surface area contributed by atoms with Crippen LogP contribution in [0.15, 0.2) is 36.4 Å². The lowest BCUT2D eigenvalue weighted by Crippen LogP contribution is -2.14. The molecule has 0 radical (unpaired) electrons. The first-order valence-electron chi connectivity index (χ1n) is 5.85. The molecule has 2 rings (SSSR count). The van der Waals surface area contributed by atoms with Gasteiger partial charge in [0.25, 0.3) is 5.91 Å². The van der Waals surface area contributed by atoms with Crippen LogP contribution in [0.2, 0.25) is 0 Å². The Balaban J connectivity index is 2.28. The molecular formula is C15H14FNO2. The summed E-state index contributed by atoms with van der Waals surface area (Å²) in [7, 11) is 0. The maximum absolute atomic E-state index is 13.6. The highest BCUT2D eigenvalue weighted by Gasteiger charge is 2.12. The summed E-state index contributed by atoms with van der Waals surface area (Å²) in [6, 6.07) is 9.17. The minimum atomic E-state index is -0.482. The van der Waals surface area contributed by atoms with Gasteiger partial charge < -0.3 is 10.4 Å². The molecule has 0 saturated heterocycles. The molecule has 0 fully saturated rings. The fraction of sp³-hybridized carbons (Fsp3) is 0.133. The van der Waals surface area contributed by atoms with Crippen LogP contribution in [-0.2, 0) is 0 Å². The van der Waals surface area contributed by atoms with Crippen molar-refractivity contribution in [2.45, 2.75) is 13.8 Å². The number of benzene rings is 2. The van der Waals surface area contributed by atoms with Gasteiger partial charge in [-0.3, -0.25) is 4.79 Å². The zero-order valence-corrected chi connectivity index (χ0v) is 10.7. The fourth-order valence-electron chi connectivity index (χ4n) is 1.73. The standard InChI is InChI=1S/C15H14FNO2/c1-9-6-7-11(8-13(9)18)15(19)17-14-10(2)4-3-5-12(14)16/h3-8,18H,1-2H3,(H,17,19). The topological polar surface area (TPSA) is 49.3 Å². The predicted octanol–water partition coefficient (Wildman–Crippen LogP) is 3.40. The SMILES string of the molecule is Cc1ccc(C(=O)Nc2c(C)cccc2F)cc1O. The number of para-hydroxylation sites is 1. The Morgan fingerprint density at radius 1 is 1.16 bits per heavy atom. The molecule has 0 aliphatic heterocycles. The zero-order chi connectivity index (χ0) is 14.0. The van der Waals surface area contributed by atoms with Gasteiger partial charge in [-0.2, -0.15) is 0 Å². The smallest absolute Gasteiger partial charge is 0.255 e. The molecule has 0 aromatic heterocycles. The maximum Gasteiger partial charge on any atom is 0.255 e. The van der Waals surface area contributed by atoms with Crippen LogP contribution in [0.1, 0.15) is 21.5 Å². The number of phenolic OH excluding ortho intramolecular Hbond substituents is 1. The number of anilines is 1. The summed E-state index contributed by atoms with van der Waals surface area (Å²) in [6.07, 6.45) is 0. The highest BCUT2D eigenvalue weighted by atomic mass is 19.1. The minimum absolute atomic E-state index is 0.0397. The van der Waals surface area contributed by atoms with Crippen LogP contribution in [-0.4, -0.2) is 11.0 Å². The lowest BCUT2D eigenvalue weighted by atomic mass is 10.1. The Morgan fingerprint density at radius 2 is 1.89 bits per heavy atom. The molecule has 0 heterocycles. The van der Waals surface area contributed by atoms with Crippen LogP contribution in [0, 0.1) is 19.7 Å². The van der Waals surface area contributed by atoms with Crippen LogP contribution in [0.25, 0.3) is 0 Å². The Bertz CT molecular complexity index is 618. The number of nitrogens with one attached hydrogen (secondary N) is 1. The molecule has 19 heavy (non-hydrogen) atoms. The van der Waals surface area contributed by atoms with Crippen molar-refractivity contribution >= 4 is 11.6 Å². The lowest BCUT2D eigenvalue weighted by molar-refractivity contribution is 0.102. The summed E-state index contributed by atoms with van der Waals surface area (Å²) in [5, 5.41) is 12.1. The molecule has 0 unspecified atom stereocenters. The number of aromatic hydroxyl groups is 1. The highest BCUT2D eigenvalue weighted by molar-refractivity contribution is 6.05. The van der Waals surface area contributed by atoms with Gasteiger partial charge in [0.2, 0.25) is 0 Å². The number of rotatable bonds is 2. The predicted molar refractivity (Wildman–Crippen MR) is 71.9 cm³/mol. The van der Waals surface area contributed by atoms with Crippen LogP contribution >= 0.6 is 0 Å². The molecule has 0 atom stereocenters. The largest absolute Gasteiger partial charge is 0.508 e. The Hall–Kier alpha value is -2.36. The van der Waals surface area contributed by atoms with Crippen molar-refractivity contribution in [1.82, 2.24) is 0 Å². The second-order valence-corrected chi connectivity index (χ2v) is 4.39. The van der Waals surface area contributed by atoms with Gasteiger partial charge in [0.15, 0.2) is 0 Å². The first-order chi connectivity index (χ1) is 8.99. The van der Waals surface area contributed by atoms with Crippen LogP contribution in [0.4, 0.5) is 10.1 Å². The Morgan fingerprint density at radius 3 is 2.53 bits per heavy atom. The van der Waals surface area contributed by atoms with Crippen molar-refractivity contribution in [1.29, 1.82) is 0 Å². The number of amides is 1.